The summed E-state index contributed by atoms with van der Waals surface area (Å²) >= 11 is 0. The molecule has 28 heavy (non-hydrogen) atoms. The third-order valence-electron chi connectivity index (χ3n) is 4.70. The van der Waals surface area contributed by atoms with Crippen LogP contribution in [0.3, 0.4) is 0 Å². The van der Waals surface area contributed by atoms with Crippen LogP contribution in [0, 0.1) is 6.92 Å². The molecular formula is C23H20N4O. The number of benzene rings is 2. The molecular weight excluding hydrogens is 348 g/mol. The molecule has 2 aromatic heterocycles. The Hall–Kier alpha value is -3.60. The number of hydrogen-bond acceptors (Lipinski definition) is 4. The van der Waals surface area contributed by atoms with E-state index in [1.165, 1.54) is 11.9 Å². The van der Waals surface area contributed by atoms with Crippen LogP contribution in [0.15, 0.2) is 73.2 Å². The van der Waals surface area contributed by atoms with Gasteiger partial charge in [0, 0.05) is 17.1 Å². The summed E-state index contributed by atoms with van der Waals surface area (Å²) in [5.74, 6) is -0.155. The highest BCUT2D eigenvalue weighted by Gasteiger charge is 2.17. The third kappa shape index (κ3) is 3.60. The molecule has 0 saturated heterocycles. The van der Waals surface area contributed by atoms with Gasteiger partial charge in [-0.3, -0.25) is 4.79 Å². The van der Waals surface area contributed by atoms with Crippen molar-refractivity contribution in [1.82, 2.24) is 20.3 Å². The molecule has 138 valence electrons. The van der Waals surface area contributed by atoms with Crippen LogP contribution in [0.5, 0.6) is 0 Å². The molecule has 0 spiro atoms. The van der Waals surface area contributed by atoms with Crippen molar-refractivity contribution in [3.05, 3.63) is 90.0 Å². The maximum absolute atomic E-state index is 13.1. The number of carbonyl (C=O) groups is 1. The zero-order valence-corrected chi connectivity index (χ0v) is 15.8. The van der Waals surface area contributed by atoms with Gasteiger partial charge in [0.05, 0.1) is 28.5 Å². The summed E-state index contributed by atoms with van der Waals surface area (Å²) in [6.45, 7) is 3.95. The summed E-state index contributed by atoms with van der Waals surface area (Å²) in [6.07, 6.45) is 3.15. The molecule has 0 radical (unpaired) electrons. The van der Waals surface area contributed by atoms with E-state index in [2.05, 4.69) is 15.3 Å². The Morgan fingerprint density at radius 2 is 1.82 bits per heavy atom. The van der Waals surface area contributed by atoms with Gasteiger partial charge >= 0.3 is 0 Å². The van der Waals surface area contributed by atoms with Gasteiger partial charge in [0.2, 0.25) is 0 Å². The van der Waals surface area contributed by atoms with Crippen LogP contribution >= 0.6 is 0 Å². The van der Waals surface area contributed by atoms with Crippen LogP contribution < -0.4 is 5.32 Å². The first-order valence-corrected chi connectivity index (χ1v) is 9.15. The monoisotopic (exact) mass is 368 g/mol. The largest absolute Gasteiger partial charge is 0.344 e. The van der Waals surface area contributed by atoms with Crippen molar-refractivity contribution in [3.8, 4) is 11.3 Å². The Bertz CT molecular complexity index is 1120. The fourth-order valence-corrected chi connectivity index (χ4v) is 3.14. The van der Waals surface area contributed by atoms with Crippen LogP contribution in [0.25, 0.3) is 22.2 Å². The predicted molar refractivity (Wildman–Crippen MR) is 110 cm³/mol. The Labute approximate surface area is 163 Å². The molecule has 1 amide bonds. The van der Waals surface area contributed by atoms with E-state index >= 15 is 0 Å². The van der Waals surface area contributed by atoms with E-state index in [0.29, 0.717) is 5.56 Å². The van der Waals surface area contributed by atoms with Crippen molar-refractivity contribution in [2.75, 3.05) is 0 Å². The van der Waals surface area contributed by atoms with Gasteiger partial charge in [0.25, 0.3) is 5.91 Å². The lowest BCUT2D eigenvalue weighted by atomic mass is 10.0. The summed E-state index contributed by atoms with van der Waals surface area (Å²) in [7, 11) is 0. The maximum atomic E-state index is 13.1. The van der Waals surface area contributed by atoms with E-state index in [0.717, 1.165) is 27.9 Å². The number of amides is 1. The molecule has 0 unspecified atom stereocenters. The lowest BCUT2D eigenvalue weighted by Gasteiger charge is -2.15. The Balaban J connectivity index is 1.74. The number of aromatic nitrogens is 3. The minimum absolute atomic E-state index is 0.155. The van der Waals surface area contributed by atoms with Crippen LogP contribution in [-0.4, -0.2) is 20.9 Å². The fraction of sp³-hybridized carbons (Fsp3) is 0.130. The van der Waals surface area contributed by atoms with Gasteiger partial charge in [-0.15, -0.1) is 0 Å². The predicted octanol–water partition coefficient (Wildman–Crippen LogP) is 4.49. The van der Waals surface area contributed by atoms with Gasteiger partial charge in [-0.2, -0.15) is 0 Å². The van der Waals surface area contributed by atoms with Gasteiger partial charge in [0.1, 0.15) is 6.33 Å². The quantitative estimate of drug-likeness (QED) is 0.576. The zero-order chi connectivity index (χ0) is 19.5. The topological polar surface area (TPSA) is 67.8 Å². The number of fused-ring (bicyclic) bond motifs is 1. The van der Waals surface area contributed by atoms with Gasteiger partial charge in [-0.25, -0.2) is 15.0 Å². The Kier molecular flexibility index (Phi) is 4.81. The average molecular weight is 368 g/mol. The lowest BCUT2D eigenvalue weighted by Crippen LogP contribution is -2.27. The molecule has 0 bridgehead atoms. The highest BCUT2D eigenvalue weighted by atomic mass is 16.1. The molecule has 0 aliphatic rings. The van der Waals surface area contributed by atoms with E-state index in [1.807, 2.05) is 68.4 Å². The first kappa shape index (κ1) is 17.8. The van der Waals surface area contributed by atoms with Gasteiger partial charge in [0.15, 0.2) is 0 Å². The van der Waals surface area contributed by atoms with Crippen LogP contribution in [0.2, 0.25) is 0 Å². The third-order valence-corrected chi connectivity index (χ3v) is 4.70. The van der Waals surface area contributed by atoms with Crippen molar-refractivity contribution >= 4 is 16.8 Å². The lowest BCUT2D eigenvalue weighted by molar-refractivity contribution is 0.0940. The number of pyridine rings is 1. The summed E-state index contributed by atoms with van der Waals surface area (Å²) in [6, 6.07) is 19.3. The molecule has 5 heteroatoms. The number of hydrogen-bond donors (Lipinski definition) is 1. The minimum atomic E-state index is -0.231. The number of aryl methyl sites for hydroxylation is 1. The SMILES string of the molecule is Cc1ccc(-c2cc(C(=O)N[C@@H](C)c3ccncn3)c3ccccc3n2)cc1. The van der Waals surface area contributed by atoms with Crippen LogP contribution in [0.4, 0.5) is 0 Å². The van der Waals surface area contributed by atoms with Crippen molar-refractivity contribution in [2.45, 2.75) is 19.9 Å². The molecule has 0 aliphatic carbocycles. The number of nitrogens with zero attached hydrogens (tertiary/aromatic N) is 3. The summed E-state index contributed by atoms with van der Waals surface area (Å²) < 4.78 is 0. The van der Waals surface area contributed by atoms with Crippen molar-refractivity contribution in [1.29, 1.82) is 0 Å². The normalized spacial score (nSPS) is 11.9. The number of para-hydroxylation sites is 1. The first-order chi connectivity index (χ1) is 13.6. The fourth-order valence-electron chi connectivity index (χ4n) is 3.14. The maximum Gasteiger partial charge on any atom is 0.252 e. The number of rotatable bonds is 4. The first-order valence-electron chi connectivity index (χ1n) is 9.15. The number of nitrogens with one attached hydrogen (secondary N) is 1. The summed E-state index contributed by atoms with van der Waals surface area (Å²) in [5, 5.41) is 3.86. The van der Waals surface area contributed by atoms with Gasteiger partial charge < -0.3 is 5.32 Å². The molecule has 4 rings (SSSR count). The molecule has 4 aromatic rings. The molecule has 1 N–H and O–H groups in total. The molecule has 2 aromatic carbocycles. The second-order valence-corrected chi connectivity index (χ2v) is 6.77. The van der Waals surface area contributed by atoms with E-state index in [4.69, 9.17) is 4.98 Å². The van der Waals surface area contributed by atoms with E-state index in [-0.39, 0.29) is 11.9 Å². The second kappa shape index (κ2) is 7.56. The molecule has 0 saturated carbocycles. The second-order valence-electron chi connectivity index (χ2n) is 6.77. The molecule has 1 atom stereocenters. The van der Waals surface area contributed by atoms with E-state index in [9.17, 15) is 4.79 Å². The smallest absolute Gasteiger partial charge is 0.252 e. The summed E-state index contributed by atoms with van der Waals surface area (Å²) in [5.41, 5.74) is 5.09. The minimum Gasteiger partial charge on any atom is -0.344 e. The highest BCUT2D eigenvalue weighted by Crippen LogP contribution is 2.25. The Morgan fingerprint density at radius 1 is 1.04 bits per heavy atom. The molecule has 0 fully saturated rings. The van der Waals surface area contributed by atoms with Gasteiger partial charge in [-0.05, 0) is 32.0 Å². The van der Waals surface area contributed by atoms with E-state index < -0.39 is 0 Å². The molecule has 5 nitrogen and oxygen atoms in total. The molecule has 2 heterocycles. The summed E-state index contributed by atoms with van der Waals surface area (Å²) in [4.78, 5) is 26.0. The van der Waals surface area contributed by atoms with Gasteiger partial charge in [-0.1, -0.05) is 48.0 Å². The molecule has 0 aliphatic heterocycles. The standard InChI is InChI=1S/C23H20N4O/c1-15-7-9-17(10-8-15)22-13-19(18-5-3-4-6-21(18)27-22)23(28)26-16(2)20-11-12-24-14-25-20/h3-14,16H,1-2H3,(H,26,28)/t16-/m0/s1. The van der Waals surface area contributed by atoms with Crippen molar-refractivity contribution < 1.29 is 4.79 Å². The number of carbonyl (C=O) groups excluding carboxylic acids is 1. The van der Waals surface area contributed by atoms with Crippen molar-refractivity contribution in [3.63, 3.8) is 0 Å². The van der Waals surface area contributed by atoms with Crippen LogP contribution in [0.1, 0.15) is 34.6 Å². The van der Waals surface area contributed by atoms with Crippen LogP contribution in [-0.2, 0) is 0 Å². The van der Waals surface area contributed by atoms with Crippen molar-refractivity contribution in [2.24, 2.45) is 0 Å². The zero-order valence-electron chi connectivity index (χ0n) is 15.8. The highest BCUT2D eigenvalue weighted by molar-refractivity contribution is 6.07. The Morgan fingerprint density at radius 3 is 2.57 bits per heavy atom. The van der Waals surface area contributed by atoms with E-state index in [1.54, 1.807) is 12.3 Å². The average Bonchev–Trinajstić information content (AvgIpc) is 2.74.